The van der Waals surface area contributed by atoms with Gasteiger partial charge in [-0.2, -0.15) is 44.5 Å². The molecule has 0 bridgehead atoms. The molecular weight excluding hydrogens is 764 g/mol. The maximum atomic E-state index is 14.2. The molecule has 1 saturated carbocycles. The SMILES string of the molecule is C.COc1cc(CP(=O)(OCC(F)(F)F)OCC(F)(F)F)ccc1Nc1ncc(C(F)(F)F)c(Nc2ccc(C3CCC(O)CC3)c3c2C(=O)N(C)C3)n1. The van der Waals surface area contributed by atoms with Crippen molar-refractivity contribution >= 4 is 36.6 Å². The number of rotatable bonds is 12. The number of aromatic nitrogens is 2. The van der Waals surface area contributed by atoms with Gasteiger partial charge in [0.1, 0.15) is 17.1 Å². The number of ether oxygens (including phenoxy) is 1. The lowest BCUT2D eigenvalue weighted by Crippen LogP contribution is -2.20. The number of anilines is 4. The molecule has 2 heterocycles. The van der Waals surface area contributed by atoms with Gasteiger partial charge in [0.25, 0.3) is 5.91 Å². The number of benzene rings is 2. The number of amides is 1. The Bertz CT molecular complexity index is 1850. The van der Waals surface area contributed by atoms with Crippen LogP contribution in [0.25, 0.3) is 0 Å². The summed E-state index contributed by atoms with van der Waals surface area (Å²) in [6.45, 7) is -4.07. The van der Waals surface area contributed by atoms with E-state index in [0.29, 0.717) is 37.4 Å². The Balaban J connectivity index is 0.00000650. The van der Waals surface area contributed by atoms with Gasteiger partial charge in [-0.1, -0.05) is 19.6 Å². The first kappa shape index (κ1) is 42.6. The zero-order valence-electron chi connectivity index (χ0n) is 28.0. The maximum absolute atomic E-state index is 14.2. The lowest BCUT2D eigenvalue weighted by molar-refractivity contribution is -0.165. The van der Waals surface area contributed by atoms with Gasteiger partial charge in [0, 0.05) is 19.8 Å². The molecule has 1 amide bonds. The number of aliphatic hydroxyl groups is 1. The van der Waals surface area contributed by atoms with Gasteiger partial charge in [0.05, 0.1) is 36.3 Å². The summed E-state index contributed by atoms with van der Waals surface area (Å²) in [6, 6.07) is 6.66. The van der Waals surface area contributed by atoms with E-state index in [0.717, 1.165) is 24.8 Å². The van der Waals surface area contributed by atoms with Gasteiger partial charge >= 0.3 is 26.1 Å². The molecule has 2 aliphatic rings. The van der Waals surface area contributed by atoms with E-state index in [1.165, 1.54) is 17.0 Å². The van der Waals surface area contributed by atoms with Crippen LogP contribution in [-0.2, 0) is 32.5 Å². The van der Waals surface area contributed by atoms with Crippen molar-refractivity contribution in [3.05, 3.63) is 64.3 Å². The Morgan fingerprint density at radius 3 is 2.11 bits per heavy atom. The third kappa shape index (κ3) is 10.5. The molecule has 21 heteroatoms. The number of aliphatic hydroxyl groups excluding tert-OH is 1. The van der Waals surface area contributed by atoms with Gasteiger partial charge in [0.15, 0.2) is 13.2 Å². The van der Waals surface area contributed by atoms with Crippen LogP contribution < -0.4 is 15.4 Å². The second kappa shape index (κ2) is 16.3. The lowest BCUT2D eigenvalue weighted by atomic mass is 9.80. The molecule has 3 N–H and O–H groups in total. The minimum Gasteiger partial charge on any atom is -0.495 e. The summed E-state index contributed by atoms with van der Waals surface area (Å²) in [6.07, 6.45) is -13.4. The van der Waals surface area contributed by atoms with Crippen LogP contribution >= 0.6 is 7.60 Å². The third-order valence-electron chi connectivity index (χ3n) is 8.53. The van der Waals surface area contributed by atoms with E-state index in [2.05, 4.69) is 29.6 Å². The average Bonchev–Trinajstić information content (AvgIpc) is 3.37. The van der Waals surface area contributed by atoms with E-state index < -0.39 is 74.8 Å². The maximum Gasteiger partial charge on any atom is 0.421 e. The monoisotopic (exact) mass is 801 g/mol. The van der Waals surface area contributed by atoms with Crippen LogP contribution in [0.15, 0.2) is 36.5 Å². The van der Waals surface area contributed by atoms with Crippen molar-refractivity contribution in [3.63, 3.8) is 0 Å². The summed E-state index contributed by atoms with van der Waals surface area (Å²) in [4.78, 5) is 22.5. The third-order valence-corrected chi connectivity index (χ3v) is 10.3. The van der Waals surface area contributed by atoms with Crippen LogP contribution in [0, 0.1) is 0 Å². The minimum atomic E-state index is -5.03. The molecule has 0 saturated heterocycles. The zero-order chi connectivity index (χ0) is 38.9. The van der Waals surface area contributed by atoms with Crippen LogP contribution in [-0.4, -0.2) is 71.7 Å². The van der Waals surface area contributed by atoms with Gasteiger partial charge in [-0.15, -0.1) is 0 Å². The van der Waals surface area contributed by atoms with Crippen LogP contribution in [0.4, 0.5) is 62.7 Å². The van der Waals surface area contributed by atoms with Crippen molar-refractivity contribution in [2.24, 2.45) is 0 Å². The molecule has 2 aromatic carbocycles. The standard InChI is InChI=1S/C32H33F9N5O6P.CH4/c1-46-13-21-20(18-4-6-19(47)7-5-18)8-10-24(26(21)28(46)48)43-27-22(32(39,40)41)12-42-29(45-27)44-23-9-3-17(11-25(23)50-2)14-53(49,51-15-30(33,34)35)52-16-31(36,37)38;/h3,8-12,18-19,47H,4-7,13-16H2,1-2H3,(H2,42,43,44,45);1H4. The Labute approximate surface area is 303 Å². The van der Waals surface area contributed by atoms with E-state index in [1.807, 2.05) is 0 Å². The van der Waals surface area contributed by atoms with E-state index in [-0.39, 0.29) is 48.1 Å². The molecule has 0 radical (unpaired) electrons. The highest BCUT2D eigenvalue weighted by Gasteiger charge is 2.40. The van der Waals surface area contributed by atoms with Gasteiger partial charge < -0.3 is 25.4 Å². The average molecular weight is 802 g/mol. The number of methoxy groups -OCH3 is 1. The van der Waals surface area contributed by atoms with Crippen molar-refractivity contribution < 1.29 is 67.8 Å². The molecule has 298 valence electrons. The number of carbonyl (C=O) groups excluding carboxylic acids is 1. The fourth-order valence-corrected chi connectivity index (χ4v) is 7.66. The van der Waals surface area contributed by atoms with E-state index in [4.69, 9.17) is 4.74 Å². The number of alkyl halides is 9. The highest BCUT2D eigenvalue weighted by molar-refractivity contribution is 7.53. The normalized spacial score (nSPS) is 17.9. The Morgan fingerprint density at radius 1 is 0.926 bits per heavy atom. The number of fused-ring (bicyclic) bond motifs is 1. The number of carbonyl (C=O) groups is 1. The van der Waals surface area contributed by atoms with Crippen LogP contribution in [0.5, 0.6) is 5.75 Å². The zero-order valence-corrected chi connectivity index (χ0v) is 28.8. The van der Waals surface area contributed by atoms with Crippen LogP contribution in [0.1, 0.15) is 71.6 Å². The molecule has 1 aliphatic carbocycles. The molecular formula is C33H37F9N5O6P. The van der Waals surface area contributed by atoms with Crippen molar-refractivity contribution in [2.45, 2.75) is 76.4 Å². The van der Waals surface area contributed by atoms with Gasteiger partial charge in [-0.25, -0.2) is 4.98 Å². The Morgan fingerprint density at radius 2 is 1.54 bits per heavy atom. The molecule has 0 atom stereocenters. The molecule has 0 spiro atoms. The van der Waals surface area contributed by atoms with Crippen molar-refractivity contribution in [1.29, 1.82) is 0 Å². The lowest BCUT2D eigenvalue weighted by Gasteiger charge is -2.27. The van der Waals surface area contributed by atoms with Gasteiger partial charge in [0.2, 0.25) is 5.95 Å². The van der Waals surface area contributed by atoms with Crippen molar-refractivity contribution in [1.82, 2.24) is 14.9 Å². The highest BCUT2D eigenvalue weighted by atomic mass is 31.2. The summed E-state index contributed by atoms with van der Waals surface area (Å²) in [5.41, 5.74) is 0.378. The summed E-state index contributed by atoms with van der Waals surface area (Å²) in [5, 5.41) is 15.3. The molecule has 5 rings (SSSR count). The number of hydrogen-bond donors (Lipinski definition) is 3. The van der Waals surface area contributed by atoms with Gasteiger partial charge in [-0.05, 0) is 66.5 Å². The molecule has 11 nitrogen and oxygen atoms in total. The summed E-state index contributed by atoms with van der Waals surface area (Å²) in [5.74, 6) is -1.63. The second-order valence-corrected chi connectivity index (χ2v) is 14.6. The number of nitrogens with one attached hydrogen (secondary N) is 2. The predicted molar refractivity (Wildman–Crippen MR) is 178 cm³/mol. The number of halogens is 9. The van der Waals surface area contributed by atoms with E-state index in [1.54, 1.807) is 13.1 Å². The minimum absolute atomic E-state index is 0. The Hall–Kier alpha value is -4.13. The summed E-state index contributed by atoms with van der Waals surface area (Å²) in [7, 11) is -2.32. The molecule has 1 aliphatic heterocycles. The molecule has 54 heavy (non-hydrogen) atoms. The van der Waals surface area contributed by atoms with E-state index >= 15 is 0 Å². The first-order valence-electron chi connectivity index (χ1n) is 15.9. The van der Waals surface area contributed by atoms with Gasteiger partial charge in [-0.3, -0.25) is 18.4 Å². The van der Waals surface area contributed by atoms with Crippen molar-refractivity contribution in [3.8, 4) is 5.75 Å². The Kier molecular flexibility index (Phi) is 12.9. The fraction of sp³-hybridized carbons (Fsp3) is 0.485. The van der Waals surface area contributed by atoms with Crippen molar-refractivity contribution in [2.75, 3.05) is 38.0 Å². The predicted octanol–water partition coefficient (Wildman–Crippen LogP) is 9.08. The van der Waals surface area contributed by atoms with E-state index in [9.17, 15) is 54.0 Å². The molecule has 3 aromatic rings. The topological polar surface area (TPSA) is 135 Å². The summed E-state index contributed by atoms with van der Waals surface area (Å²) >= 11 is 0. The first-order chi connectivity index (χ1) is 24.6. The quantitative estimate of drug-likeness (QED) is 0.120. The fourth-order valence-electron chi connectivity index (χ4n) is 6.08. The van der Waals surface area contributed by atoms with Crippen LogP contribution in [0.2, 0.25) is 0 Å². The number of hydrogen-bond acceptors (Lipinski definition) is 10. The molecule has 1 aromatic heterocycles. The largest absolute Gasteiger partial charge is 0.495 e. The first-order valence-corrected chi connectivity index (χ1v) is 17.6. The highest BCUT2D eigenvalue weighted by Crippen LogP contribution is 2.54. The summed E-state index contributed by atoms with van der Waals surface area (Å²) < 4.78 is 146. The van der Waals surface area contributed by atoms with Crippen LogP contribution in [0.3, 0.4) is 0 Å². The molecule has 0 unspecified atom stereocenters. The smallest absolute Gasteiger partial charge is 0.421 e. The second-order valence-electron chi connectivity index (χ2n) is 12.5. The number of nitrogens with zero attached hydrogens (tertiary/aromatic N) is 3. The molecule has 1 fully saturated rings.